The van der Waals surface area contributed by atoms with Crippen molar-refractivity contribution in [3.8, 4) is 5.75 Å². The second-order valence-electron chi connectivity index (χ2n) is 6.65. The van der Waals surface area contributed by atoms with Crippen LogP contribution in [0.1, 0.15) is 11.7 Å². The number of rotatable bonds is 2. The number of fused-ring (bicyclic) bond motifs is 3. The predicted molar refractivity (Wildman–Crippen MR) is 85.0 cm³/mol. The second kappa shape index (κ2) is 6.81. The first-order chi connectivity index (χ1) is 12.1. The Balaban J connectivity index is 1.64. The van der Waals surface area contributed by atoms with Gasteiger partial charge in [-0.3, -0.25) is 0 Å². The summed E-state index contributed by atoms with van der Waals surface area (Å²) >= 11 is 0. The normalized spacial score (nSPS) is 43.8. The molecule has 0 saturated carbocycles. The quantitative estimate of drug-likeness (QED) is 0.532. The molecule has 8 atom stereocenters. The number of hydrogen-bond acceptors (Lipinski definition) is 8. The number of aliphatic hydroxyl groups excluding tert-OH is 3. The lowest BCUT2D eigenvalue weighted by atomic mass is 9.97. The van der Waals surface area contributed by atoms with Crippen molar-refractivity contribution in [3.63, 3.8) is 0 Å². The van der Waals surface area contributed by atoms with Gasteiger partial charge in [0.15, 0.2) is 6.29 Å². The molecular formula is C17H23NO7. The van der Waals surface area contributed by atoms with Gasteiger partial charge in [-0.2, -0.15) is 0 Å². The van der Waals surface area contributed by atoms with E-state index in [1.807, 2.05) is 24.3 Å². The summed E-state index contributed by atoms with van der Waals surface area (Å²) in [7, 11) is 1.60. The summed E-state index contributed by atoms with van der Waals surface area (Å²) in [4.78, 5) is 0. The van der Waals surface area contributed by atoms with E-state index in [1.165, 1.54) is 0 Å². The van der Waals surface area contributed by atoms with Crippen molar-refractivity contribution in [1.82, 2.24) is 5.32 Å². The fourth-order valence-electron chi connectivity index (χ4n) is 3.70. The molecule has 0 spiro atoms. The largest absolute Gasteiger partial charge is 0.497 e. The lowest BCUT2D eigenvalue weighted by Crippen LogP contribution is -2.46. The zero-order chi connectivity index (χ0) is 17.6. The van der Waals surface area contributed by atoms with E-state index >= 15 is 0 Å². The van der Waals surface area contributed by atoms with E-state index < -0.39 is 42.9 Å². The highest BCUT2D eigenvalue weighted by Gasteiger charge is 2.51. The molecule has 3 saturated heterocycles. The number of aliphatic hydroxyl groups is 3. The Hall–Kier alpha value is -1.26. The van der Waals surface area contributed by atoms with Gasteiger partial charge in [-0.05, 0) is 17.7 Å². The fraction of sp³-hybridized carbons (Fsp3) is 0.647. The van der Waals surface area contributed by atoms with Crippen molar-refractivity contribution in [2.24, 2.45) is 0 Å². The summed E-state index contributed by atoms with van der Waals surface area (Å²) in [5.74, 6) is 0.736. The van der Waals surface area contributed by atoms with E-state index in [0.717, 1.165) is 11.3 Å². The molecular weight excluding hydrogens is 330 g/mol. The van der Waals surface area contributed by atoms with Crippen LogP contribution in [0.2, 0.25) is 0 Å². The van der Waals surface area contributed by atoms with Gasteiger partial charge in [-0.25, -0.2) is 0 Å². The van der Waals surface area contributed by atoms with Gasteiger partial charge in [0.25, 0.3) is 0 Å². The molecule has 8 nitrogen and oxygen atoms in total. The first-order valence-corrected chi connectivity index (χ1v) is 8.42. The summed E-state index contributed by atoms with van der Waals surface area (Å²) in [6.45, 7) is 0.454. The van der Waals surface area contributed by atoms with E-state index in [9.17, 15) is 15.3 Å². The number of β-amino-alcohol motifs (C(OH)–C–C–N with tert-alkyl or cyclic N) is 1. The Kier molecular flexibility index (Phi) is 4.67. The third kappa shape index (κ3) is 3.04. The van der Waals surface area contributed by atoms with E-state index in [4.69, 9.17) is 18.9 Å². The molecule has 0 aliphatic carbocycles. The Morgan fingerprint density at radius 1 is 1.08 bits per heavy atom. The minimum absolute atomic E-state index is 0.107. The van der Waals surface area contributed by atoms with Crippen LogP contribution in [0.4, 0.5) is 0 Å². The first-order valence-electron chi connectivity index (χ1n) is 8.42. The van der Waals surface area contributed by atoms with Crippen LogP contribution in [0.25, 0.3) is 0 Å². The van der Waals surface area contributed by atoms with E-state index in [-0.39, 0.29) is 12.6 Å². The Morgan fingerprint density at radius 3 is 2.56 bits per heavy atom. The topological polar surface area (TPSA) is 110 Å². The van der Waals surface area contributed by atoms with Crippen molar-refractivity contribution >= 4 is 0 Å². The Morgan fingerprint density at radius 2 is 1.84 bits per heavy atom. The molecule has 0 aromatic heterocycles. The van der Waals surface area contributed by atoms with Gasteiger partial charge in [0, 0.05) is 6.54 Å². The van der Waals surface area contributed by atoms with E-state index in [2.05, 4.69) is 5.32 Å². The van der Waals surface area contributed by atoms with Crippen molar-refractivity contribution in [3.05, 3.63) is 29.8 Å². The van der Waals surface area contributed by atoms with Gasteiger partial charge in [-0.1, -0.05) is 12.1 Å². The lowest BCUT2D eigenvalue weighted by molar-refractivity contribution is -0.203. The van der Waals surface area contributed by atoms with Gasteiger partial charge in [0.1, 0.15) is 36.3 Å². The molecule has 8 heteroatoms. The molecule has 4 N–H and O–H groups in total. The van der Waals surface area contributed by atoms with Crippen LogP contribution in [0.15, 0.2) is 24.3 Å². The molecule has 3 aliphatic rings. The second-order valence-corrected chi connectivity index (χ2v) is 6.65. The monoisotopic (exact) mass is 353 g/mol. The van der Waals surface area contributed by atoms with Crippen LogP contribution in [0.5, 0.6) is 5.75 Å². The number of nitrogens with one attached hydrogen (secondary N) is 1. The summed E-state index contributed by atoms with van der Waals surface area (Å²) in [6.07, 6.45) is -5.73. The zero-order valence-corrected chi connectivity index (χ0v) is 13.8. The molecule has 3 fully saturated rings. The highest BCUT2D eigenvalue weighted by atomic mass is 16.7. The summed E-state index contributed by atoms with van der Waals surface area (Å²) in [6, 6.07) is 7.17. The SMILES string of the molecule is COc1ccc(C2OCC3OC(OC4C(O)CNC24)C(O)C3O)cc1. The van der Waals surface area contributed by atoms with Gasteiger partial charge in [-0.15, -0.1) is 0 Å². The van der Waals surface area contributed by atoms with Crippen LogP contribution in [0, 0.1) is 0 Å². The molecule has 138 valence electrons. The molecule has 3 aliphatic heterocycles. The number of hydrogen-bond donors (Lipinski definition) is 4. The van der Waals surface area contributed by atoms with Gasteiger partial charge in [0.2, 0.25) is 0 Å². The molecule has 2 bridgehead atoms. The highest BCUT2D eigenvalue weighted by Crippen LogP contribution is 2.35. The summed E-state index contributed by atoms with van der Waals surface area (Å²) in [5, 5.41) is 33.7. The lowest BCUT2D eigenvalue weighted by Gasteiger charge is -2.31. The fourth-order valence-corrected chi connectivity index (χ4v) is 3.70. The molecule has 25 heavy (non-hydrogen) atoms. The summed E-state index contributed by atoms with van der Waals surface area (Å²) < 4.78 is 22.6. The summed E-state index contributed by atoms with van der Waals surface area (Å²) in [5.41, 5.74) is 0.897. The third-order valence-electron chi connectivity index (χ3n) is 5.12. The zero-order valence-electron chi connectivity index (χ0n) is 13.8. The van der Waals surface area contributed by atoms with Crippen molar-refractivity contribution in [1.29, 1.82) is 0 Å². The maximum Gasteiger partial charge on any atom is 0.187 e. The molecule has 0 amide bonds. The third-order valence-corrected chi connectivity index (χ3v) is 5.12. The molecule has 1 aromatic carbocycles. The molecule has 4 rings (SSSR count). The predicted octanol–water partition coefficient (Wildman–Crippen LogP) is -1.07. The molecule has 1 aromatic rings. The van der Waals surface area contributed by atoms with Crippen LogP contribution >= 0.6 is 0 Å². The Labute approximate surface area is 145 Å². The van der Waals surface area contributed by atoms with Crippen molar-refractivity contribution < 1.29 is 34.3 Å². The van der Waals surface area contributed by atoms with Crippen LogP contribution in [-0.2, 0) is 14.2 Å². The van der Waals surface area contributed by atoms with Crippen molar-refractivity contribution in [2.45, 2.75) is 49.0 Å². The number of benzene rings is 1. The van der Waals surface area contributed by atoms with Gasteiger partial charge >= 0.3 is 0 Å². The van der Waals surface area contributed by atoms with Crippen LogP contribution < -0.4 is 10.1 Å². The highest BCUT2D eigenvalue weighted by molar-refractivity contribution is 5.30. The van der Waals surface area contributed by atoms with E-state index in [0.29, 0.717) is 6.54 Å². The smallest absolute Gasteiger partial charge is 0.187 e. The number of methoxy groups -OCH3 is 1. The van der Waals surface area contributed by atoms with E-state index in [1.54, 1.807) is 7.11 Å². The van der Waals surface area contributed by atoms with Crippen LogP contribution in [0.3, 0.4) is 0 Å². The van der Waals surface area contributed by atoms with Gasteiger partial charge in [0.05, 0.1) is 25.9 Å². The first kappa shape index (κ1) is 17.2. The average Bonchev–Trinajstić information content (AvgIpc) is 3.14. The minimum Gasteiger partial charge on any atom is -0.497 e. The number of ether oxygens (including phenoxy) is 4. The average molecular weight is 353 g/mol. The minimum atomic E-state index is -1.17. The maximum atomic E-state index is 10.3. The van der Waals surface area contributed by atoms with Crippen LogP contribution in [-0.4, -0.2) is 78.4 Å². The molecule has 3 heterocycles. The molecule has 0 radical (unpaired) electrons. The van der Waals surface area contributed by atoms with Gasteiger partial charge < -0.3 is 39.6 Å². The molecule has 8 unspecified atom stereocenters. The maximum absolute atomic E-state index is 10.3. The Bertz CT molecular complexity index is 597. The standard InChI is InChI=1S/C17H23NO7/c1-22-9-4-2-8(3-5-9)15-12-16(10(19)6-18-12)25-17-14(21)13(20)11(24-17)7-23-15/h2-5,10-21H,6-7H2,1H3. The van der Waals surface area contributed by atoms with Crippen molar-refractivity contribution in [2.75, 3.05) is 20.3 Å².